The Morgan fingerprint density at radius 3 is 2.71 bits per heavy atom. The molecule has 2 aromatic carbocycles. The minimum Gasteiger partial charge on any atom is -0.349 e. The highest BCUT2D eigenvalue weighted by Crippen LogP contribution is 2.28. The zero-order chi connectivity index (χ0) is 19.7. The molecule has 0 aliphatic rings. The minimum atomic E-state index is -0.480. The van der Waals surface area contributed by atoms with Crippen LogP contribution in [0.3, 0.4) is 0 Å². The van der Waals surface area contributed by atoms with Gasteiger partial charge in [0.2, 0.25) is 5.76 Å². The van der Waals surface area contributed by atoms with Gasteiger partial charge >= 0.3 is 5.69 Å². The van der Waals surface area contributed by atoms with Crippen molar-refractivity contribution >= 4 is 40.3 Å². The van der Waals surface area contributed by atoms with Crippen molar-refractivity contribution in [2.45, 2.75) is 13.5 Å². The number of halogens is 1. The van der Waals surface area contributed by atoms with Crippen LogP contribution in [0, 0.1) is 17.0 Å². The lowest BCUT2D eigenvalue weighted by Gasteiger charge is -2.07. The van der Waals surface area contributed by atoms with E-state index in [1.807, 2.05) is 54.7 Å². The molecule has 28 heavy (non-hydrogen) atoms. The number of rotatable bonds is 5. The molecule has 4 rings (SSSR count). The molecule has 140 valence electrons. The van der Waals surface area contributed by atoms with Gasteiger partial charge in [0.15, 0.2) is 5.69 Å². The van der Waals surface area contributed by atoms with Crippen LogP contribution in [-0.2, 0) is 6.54 Å². The van der Waals surface area contributed by atoms with Crippen molar-refractivity contribution in [1.82, 2.24) is 9.72 Å². The molecule has 0 spiro atoms. The van der Waals surface area contributed by atoms with Crippen LogP contribution >= 0.6 is 11.6 Å². The number of para-hydroxylation sites is 1. The third-order valence-corrected chi connectivity index (χ3v) is 4.94. The number of nitro groups is 1. The summed E-state index contributed by atoms with van der Waals surface area (Å²) in [5, 5.41) is 16.7. The summed E-state index contributed by atoms with van der Waals surface area (Å²) in [4.78, 5) is 10.7. The highest BCUT2D eigenvalue weighted by molar-refractivity contribution is 6.31. The number of fused-ring (bicyclic) bond motifs is 1. The SMILES string of the molecule is Cc1noc(/C=C\c2cn(Cc3ccccc3Cl)c3ccccc23)c1[N+](=O)[O-]. The molecular formula is C21H16ClN3O3. The van der Waals surface area contributed by atoms with Crippen molar-refractivity contribution < 1.29 is 9.45 Å². The van der Waals surface area contributed by atoms with E-state index in [1.165, 1.54) is 0 Å². The van der Waals surface area contributed by atoms with Crippen LogP contribution in [0.1, 0.15) is 22.6 Å². The Hall–Kier alpha value is -3.38. The van der Waals surface area contributed by atoms with Gasteiger partial charge < -0.3 is 9.09 Å². The summed E-state index contributed by atoms with van der Waals surface area (Å²) < 4.78 is 7.21. The fraction of sp³-hybridized carbons (Fsp3) is 0.0952. The van der Waals surface area contributed by atoms with Gasteiger partial charge in [-0.3, -0.25) is 10.1 Å². The number of benzene rings is 2. The van der Waals surface area contributed by atoms with E-state index in [0.717, 1.165) is 22.0 Å². The van der Waals surface area contributed by atoms with E-state index in [1.54, 1.807) is 19.1 Å². The smallest absolute Gasteiger partial charge is 0.338 e. The van der Waals surface area contributed by atoms with E-state index in [9.17, 15) is 10.1 Å². The van der Waals surface area contributed by atoms with Crippen LogP contribution in [0.15, 0.2) is 59.3 Å². The fourth-order valence-electron chi connectivity index (χ4n) is 3.23. The molecule has 0 unspecified atom stereocenters. The topological polar surface area (TPSA) is 74.1 Å². The van der Waals surface area contributed by atoms with E-state index in [2.05, 4.69) is 9.72 Å². The first-order chi connectivity index (χ1) is 13.5. The van der Waals surface area contributed by atoms with Crippen LogP contribution < -0.4 is 0 Å². The predicted molar refractivity (Wildman–Crippen MR) is 109 cm³/mol. The molecule has 0 saturated carbocycles. The van der Waals surface area contributed by atoms with Crippen molar-refractivity contribution in [1.29, 1.82) is 0 Å². The molecule has 0 saturated heterocycles. The number of aryl methyl sites for hydroxylation is 1. The molecule has 2 heterocycles. The van der Waals surface area contributed by atoms with E-state index in [0.29, 0.717) is 11.6 Å². The molecule has 0 atom stereocenters. The lowest BCUT2D eigenvalue weighted by molar-refractivity contribution is -0.386. The summed E-state index contributed by atoms with van der Waals surface area (Å²) in [6, 6.07) is 15.7. The Kier molecular flexibility index (Phi) is 4.71. The number of hydrogen-bond donors (Lipinski definition) is 0. The molecule has 0 aliphatic heterocycles. The zero-order valence-corrected chi connectivity index (χ0v) is 15.8. The first-order valence-electron chi connectivity index (χ1n) is 8.64. The maximum absolute atomic E-state index is 11.2. The first-order valence-corrected chi connectivity index (χ1v) is 9.02. The average Bonchev–Trinajstić information content (AvgIpc) is 3.22. The molecule has 0 fully saturated rings. The molecular weight excluding hydrogens is 378 g/mol. The maximum atomic E-state index is 11.2. The van der Waals surface area contributed by atoms with Crippen LogP contribution in [-0.4, -0.2) is 14.6 Å². The number of nitrogens with zero attached hydrogens (tertiary/aromatic N) is 3. The zero-order valence-electron chi connectivity index (χ0n) is 15.0. The van der Waals surface area contributed by atoms with Crippen molar-refractivity contribution in [3.63, 3.8) is 0 Å². The number of aromatic nitrogens is 2. The van der Waals surface area contributed by atoms with Gasteiger partial charge in [-0.05, 0) is 36.8 Å². The summed E-state index contributed by atoms with van der Waals surface area (Å²) in [7, 11) is 0. The summed E-state index contributed by atoms with van der Waals surface area (Å²) in [5.41, 5.74) is 3.13. The molecule has 7 heteroatoms. The molecule has 6 nitrogen and oxygen atoms in total. The van der Waals surface area contributed by atoms with Crippen molar-refractivity contribution in [2.24, 2.45) is 0 Å². The minimum absolute atomic E-state index is 0.115. The van der Waals surface area contributed by atoms with E-state index in [4.69, 9.17) is 16.1 Å². The first kappa shape index (κ1) is 18.0. The Labute approximate surface area is 165 Å². The summed E-state index contributed by atoms with van der Waals surface area (Å²) in [6.07, 6.45) is 5.39. The van der Waals surface area contributed by atoms with Crippen LogP contribution in [0.5, 0.6) is 0 Å². The second kappa shape index (κ2) is 7.32. The average molecular weight is 394 g/mol. The highest BCUT2D eigenvalue weighted by Gasteiger charge is 2.22. The van der Waals surface area contributed by atoms with Gasteiger partial charge in [0.05, 0.1) is 4.92 Å². The molecule has 0 radical (unpaired) electrons. The highest BCUT2D eigenvalue weighted by atomic mass is 35.5. The van der Waals surface area contributed by atoms with Crippen molar-refractivity contribution in [2.75, 3.05) is 0 Å². The van der Waals surface area contributed by atoms with Gasteiger partial charge in [-0.15, -0.1) is 0 Å². The van der Waals surface area contributed by atoms with Crippen LogP contribution in [0.25, 0.3) is 23.1 Å². The summed E-state index contributed by atoms with van der Waals surface area (Å²) in [5.74, 6) is 0.130. The molecule has 2 aromatic heterocycles. The second-order valence-corrected chi connectivity index (χ2v) is 6.80. The summed E-state index contributed by atoms with van der Waals surface area (Å²) >= 11 is 6.31. The van der Waals surface area contributed by atoms with E-state index >= 15 is 0 Å². The molecule has 4 aromatic rings. The van der Waals surface area contributed by atoms with Gasteiger partial charge in [-0.1, -0.05) is 53.2 Å². The second-order valence-electron chi connectivity index (χ2n) is 6.39. The van der Waals surface area contributed by atoms with Crippen LogP contribution in [0.2, 0.25) is 5.02 Å². The number of hydrogen-bond acceptors (Lipinski definition) is 4. The lowest BCUT2D eigenvalue weighted by Crippen LogP contribution is -1.98. The van der Waals surface area contributed by atoms with E-state index < -0.39 is 4.92 Å². The molecule has 0 bridgehead atoms. The third kappa shape index (κ3) is 3.30. The Balaban J connectivity index is 1.75. The molecule has 0 aliphatic carbocycles. The summed E-state index contributed by atoms with van der Waals surface area (Å²) in [6.45, 7) is 2.17. The van der Waals surface area contributed by atoms with Gasteiger partial charge in [0, 0.05) is 34.2 Å². The Bertz CT molecular complexity index is 1210. The largest absolute Gasteiger partial charge is 0.349 e. The quantitative estimate of drug-likeness (QED) is 0.321. The van der Waals surface area contributed by atoms with Crippen molar-refractivity contribution in [3.05, 3.63) is 92.4 Å². The predicted octanol–water partition coefficient (Wildman–Crippen LogP) is 5.72. The molecule has 0 amide bonds. The maximum Gasteiger partial charge on any atom is 0.338 e. The van der Waals surface area contributed by atoms with Gasteiger partial charge in [-0.25, -0.2) is 0 Å². The van der Waals surface area contributed by atoms with E-state index in [-0.39, 0.29) is 17.1 Å². The van der Waals surface area contributed by atoms with Crippen LogP contribution in [0.4, 0.5) is 5.69 Å². The Morgan fingerprint density at radius 1 is 1.18 bits per heavy atom. The monoisotopic (exact) mass is 393 g/mol. The fourth-order valence-corrected chi connectivity index (χ4v) is 3.42. The van der Waals surface area contributed by atoms with Gasteiger partial charge in [0.1, 0.15) is 0 Å². The van der Waals surface area contributed by atoms with Crippen molar-refractivity contribution in [3.8, 4) is 0 Å². The standard InChI is InChI=1S/C21H16ClN3O3/c1-14-21(25(26)27)20(28-23-14)11-10-15-12-24(19-9-5-3-7-17(15)19)13-16-6-2-4-8-18(16)22/h2-12H,13H2,1H3/b11-10-. The van der Waals surface area contributed by atoms with Gasteiger partial charge in [-0.2, -0.15) is 0 Å². The normalized spacial score (nSPS) is 11.5. The van der Waals surface area contributed by atoms with Gasteiger partial charge in [0.25, 0.3) is 0 Å². The third-order valence-electron chi connectivity index (χ3n) is 4.57. The lowest BCUT2D eigenvalue weighted by atomic mass is 10.1. The Morgan fingerprint density at radius 2 is 1.93 bits per heavy atom. The molecule has 0 N–H and O–H groups in total.